The lowest BCUT2D eigenvalue weighted by Crippen LogP contribution is -2.14. The molecule has 0 fully saturated rings. The fourth-order valence-corrected chi connectivity index (χ4v) is 2.79. The molecule has 2 aromatic carbocycles. The Balaban J connectivity index is 2.09. The lowest BCUT2D eigenvalue weighted by atomic mass is 9.98. The zero-order chi connectivity index (χ0) is 20.1. The third kappa shape index (κ3) is 4.18. The van der Waals surface area contributed by atoms with Gasteiger partial charge in [-0.3, -0.25) is 4.98 Å². The van der Waals surface area contributed by atoms with Crippen LogP contribution in [0.4, 0.5) is 0 Å². The van der Waals surface area contributed by atoms with Gasteiger partial charge in [0.15, 0.2) is 5.69 Å². The number of esters is 2. The molecule has 0 saturated carbocycles. The molecule has 0 saturated heterocycles. The summed E-state index contributed by atoms with van der Waals surface area (Å²) in [5, 5.41) is 0.585. The van der Waals surface area contributed by atoms with Gasteiger partial charge < -0.3 is 9.47 Å². The van der Waals surface area contributed by atoms with Gasteiger partial charge in [0, 0.05) is 28.5 Å². The number of hydrogen-bond donors (Lipinski definition) is 0. The third-order valence-corrected chi connectivity index (χ3v) is 4.28. The van der Waals surface area contributed by atoms with Gasteiger partial charge in [-0.25, -0.2) is 14.6 Å². The summed E-state index contributed by atoms with van der Waals surface area (Å²) >= 11 is 5.97. The highest BCUT2D eigenvalue weighted by Crippen LogP contribution is 2.36. The molecule has 7 heteroatoms. The molecule has 0 spiro atoms. The van der Waals surface area contributed by atoms with Gasteiger partial charge in [-0.05, 0) is 43.7 Å². The summed E-state index contributed by atoms with van der Waals surface area (Å²) in [5.74, 6) is -0.907. The Bertz CT molecular complexity index is 1000. The van der Waals surface area contributed by atoms with E-state index < -0.39 is 11.9 Å². The minimum absolute atomic E-state index is 0.0606. The van der Waals surface area contributed by atoms with E-state index in [2.05, 4.69) is 9.97 Å². The molecule has 0 N–H and O–H groups in total. The number of carbonyl (C=O) groups excluding carboxylic acids is 2. The zero-order valence-electron chi connectivity index (χ0n) is 15.3. The van der Waals surface area contributed by atoms with E-state index >= 15 is 0 Å². The lowest BCUT2D eigenvalue weighted by Gasteiger charge is -2.16. The molecule has 3 aromatic rings. The van der Waals surface area contributed by atoms with Gasteiger partial charge in [0.05, 0.1) is 18.4 Å². The number of hydrogen-bond acceptors (Lipinski definition) is 6. The van der Waals surface area contributed by atoms with Gasteiger partial charge in [-0.15, -0.1) is 0 Å². The van der Waals surface area contributed by atoms with Crippen LogP contribution in [0, 0.1) is 6.92 Å². The molecule has 0 atom stereocenters. The largest absolute Gasteiger partial charge is 0.462 e. The first kappa shape index (κ1) is 19.5. The van der Waals surface area contributed by atoms with E-state index in [4.69, 9.17) is 21.1 Å². The quantitative estimate of drug-likeness (QED) is 0.466. The maximum atomic E-state index is 12.5. The van der Waals surface area contributed by atoms with Crippen molar-refractivity contribution < 1.29 is 19.1 Å². The van der Waals surface area contributed by atoms with Gasteiger partial charge in [0.25, 0.3) is 0 Å². The molecule has 0 aliphatic heterocycles. The van der Waals surface area contributed by atoms with Gasteiger partial charge >= 0.3 is 11.9 Å². The van der Waals surface area contributed by atoms with Gasteiger partial charge in [-0.2, -0.15) is 0 Å². The highest BCUT2D eigenvalue weighted by atomic mass is 35.5. The molecule has 3 rings (SSSR count). The molecule has 0 aliphatic rings. The fourth-order valence-electron chi connectivity index (χ4n) is 2.66. The van der Waals surface area contributed by atoms with Crippen LogP contribution in [0.3, 0.4) is 0 Å². The number of aromatic nitrogens is 2. The second kappa shape index (κ2) is 8.63. The summed E-state index contributed by atoms with van der Waals surface area (Å²) in [6.45, 7) is 3.67. The number of carbonyl (C=O) groups is 2. The predicted octanol–water partition coefficient (Wildman–Crippen LogP) is 4.50. The van der Waals surface area contributed by atoms with Crippen molar-refractivity contribution in [2.75, 3.05) is 6.61 Å². The van der Waals surface area contributed by atoms with Crippen molar-refractivity contribution >= 4 is 23.5 Å². The first-order valence-corrected chi connectivity index (χ1v) is 8.94. The van der Waals surface area contributed by atoms with E-state index in [1.54, 1.807) is 50.2 Å². The molecular formula is C21H17ClN2O4. The monoisotopic (exact) mass is 396 g/mol. The van der Waals surface area contributed by atoms with Crippen molar-refractivity contribution in [3.63, 3.8) is 0 Å². The molecular weight excluding hydrogens is 380 g/mol. The summed E-state index contributed by atoms with van der Waals surface area (Å²) < 4.78 is 10.7. The van der Waals surface area contributed by atoms with Crippen molar-refractivity contribution in [3.8, 4) is 16.9 Å². The van der Waals surface area contributed by atoms with Crippen LogP contribution in [0.1, 0.15) is 33.3 Å². The maximum absolute atomic E-state index is 12.5. The smallest absolute Gasteiger partial charge is 0.363 e. The lowest BCUT2D eigenvalue weighted by molar-refractivity contribution is 0.0523. The summed E-state index contributed by atoms with van der Waals surface area (Å²) in [6, 6.07) is 10.4. The Morgan fingerprint density at radius 3 is 2.43 bits per heavy atom. The second-order valence-corrected chi connectivity index (χ2v) is 6.26. The van der Waals surface area contributed by atoms with E-state index in [1.165, 1.54) is 18.6 Å². The molecule has 0 aliphatic carbocycles. The zero-order valence-corrected chi connectivity index (χ0v) is 16.1. The first-order valence-electron chi connectivity index (χ1n) is 8.56. The summed E-state index contributed by atoms with van der Waals surface area (Å²) in [7, 11) is 0. The van der Waals surface area contributed by atoms with Crippen molar-refractivity contribution in [1.82, 2.24) is 9.97 Å². The summed E-state index contributed by atoms with van der Waals surface area (Å²) in [5.41, 5.74) is 2.29. The Morgan fingerprint density at radius 2 is 1.79 bits per heavy atom. The van der Waals surface area contributed by atoms with Crippen LogP contribution in [-0.4, -0.2) is 28.5 Å². The van der Waals surface area contributed by atoms with Crippen molar-refractivity contribution in [1.29, 1.82) is 0 Å². The van der Waals surface area contributed by atoms with Gasteiger partial charge in [0.1, 0.15) is 5.75 Å². The molecule has 0 radical (unpaired) electrons. The van der Waals surface area contributed by atoms with Crippen molar-refractivity contribution in [2.24, 2.45) is 0 Å². The normalized spacial score (nSPS) is 10.4. The van der Waals surface area contributed by atoms with E-state index in [9.17, 15) is 9.59 Å². The second-order valence-electron chi connectivity index (χ2n) is 5.82. The summed E-state index contributed by atoms with van der Waals surface area (Å²) in [6.07, 6.45) is 4.18. The average molecular weight is 397 g/mol. The van der Waals surface area contributed by atoms with E-state index in [0.717, 1.165) is 5.56 Å². The topological polar surface area (TPSA) is 78.4 Å². The van der Waals surface area contributed by atoms with E-state index in [1.807, 2.05) is 0 Å². The van der Waals surface area contributed by atoms with Crippen LogP contribution in [0.15, 0.2) is 55.0 Å². The average Bonchev–Trinajstić information content (AvgIpc) is 2.71. The number of rotatable bonds is 5. The van der Waals surface area contributed by atoms with Crippen molar-refractivity contribution in [3.05, 3.63) is 76.8 Å². The number of halogens is 1. The third-order valence-electron chi connectivity index (χ3n) is 4.02. The Morgan fingerprint density at radius 1 is 1.04 bits per heavy atom. The minimum Gasteiger partial charge on any atom is -0.462 e. The van der Waals surface area contributed by atoms with Crippen LogP contribution < -0.4 is 4.74 Å². The fraction of sp³-hybridized carbons (Fsp3) is 0.143. The molecule has 6 nitrogen and oxygen atoms in total. The molecule has 0 amide bonds. The number of nitrogens with zero attached hydrogens (tertiary/aromatic N) is 2. The molecule has 142 valence electrons. The van der Waals surface area contributed by atoms with Crippen LogP contribution >= 0.6 is 11.6 Å². The van der Waals surface area contributed by atoms with E-state index in [0.29, 0.717) is 21.7 Å². The minimum atomic E-state index is -0.674. The maximum Gasteiger partial charge on any atom is 0.363 e. The molecule has 0 bridgehead atoms. The molecule has 1 heterocycles. The van der Waals surface area contributed by atoms with Crippen LogP contribution in [0.5, 0.6) is 5.75 Å². The molecule has 1 aromatic heterocycles. The predicted molar refractivity (Wildman–Crippen MR) is 105 cm³/mol. The van der Waals surface area contributed by atoms with Crippen molar-refractivity contribution in [2.45, 2.75) is 13.8 Å². The first-order chi connectivity index (χ1) is 13.5. The Labute approximate surface area is 167 Å². The molecule has 0 unspecified atom stereocenters. The summed E-state index contributed by atoms with van der Waals surface area (Å²) in [4.78, 5) is 32.6. The van der Waals surface area contributed by atoms with Gasteiger partial charge in [0.2, 0.25) is 0 Å². The van der Waals surface area contributed by atoms with Crippen LogP contribution in [0.25, 0.3) is 11.1 Å². The van der Waals surface area contributed by atoms with Crippen LogP contribution in [-0.2, 0) is 4.74 Å². The highest BCUT2D eigenvalue weighted by molar-refractivity contribution is 6.30. The van der Waals surface area contributed by atoms with Gasteiger partial charge in [-0.1, -0.05) is 23.7 Å². The molecule has 28 heavy (non-hydrogen) atoms. The Kier molecular flexibility index (Phi) is 6.01. The number of benzene rings is 2. The van der Waals surface area contributed by atoms with E-state index in [-0.39, 0.29) is 18.1 Å². The Hall–Kier alpha value is -3.25. The van der Waals surface area contributed by atoms with Crippen LogP contribution in [0.2, 0.25) is 5.02 Å². The standard InChI is InChI=1S/C21H17ClN2O4/c1-3-27-20(25)16-8-9-17(14-4-6-15(22)7-5-14)19(13(16)2)28-21(26)18-12-23-10-11-24-18/h4-12H,3H2,1-2H3. The number of ether oxygens (including phenoxy) is 2. The highest BCUT2D eigenvalue weighted by Gasteiger charge is 2.21. The SMILES string of the molecule is CCOC(=O)c1ccc(-c2ccc(Cl)cc2)c(OC(=O)c2cnccn2)c1C.